The second-order valence-corrected chi connectivity index (χ2v) is 5.48. The predicted molar refractivity (Wildman–Crippen MR) is 77.7 cm³/mol. The van der Waals surface area contributed by atoms with Crippen molar-refractivity contribution in [2.45, 2.75) is 45.6 Å². The first-order chi connectivity index (χ1) is 9.54. The zero-order valence-electron chi connectivity index (χ0n) is 12.5. The maximum absolute atomic E-state index is 11.6. The normalized spacial score (nSPS) is 19.1. The van der Waals surface area contributed by atoms with Gasteiger partial charge in [0.2, 0.25) is 0 Å². The Bertz CT molecular complexity index is 317. The fraction of sp³-hybridized carbons (Fsp3) is 0.857. The zero-order chi connectivity index (χ0) is 15.0. The first kappa shape index (κ1) is 16.8. The number of likely N-dealkylation sites (tertiary alicyclic amines) is 1. The van der Waals surface area contributed by atoms with Crippen molar-refractivity contribution in [3.8, 4) is 0 Å². The van der Waals surface area contributed by atoms with E-state index in [-0.39, 0.29) is 12.6 Å². The summed E-state index contributed by atoms with van der Waals surface area (Å²) in [5.41, 5.74) is 0. The molecule has 2 atom stereocenters. The van der Waals surface area contributed by atoms with E-state index in [1.54, 1.807) is 6.92 Å². The number of piperidine rings is 1. The number of carbonyl (C=O) groups excluding carboxylic acids is 1. The molecule has 1 saturated heterocycles. The molecule has 6 heteroatoms. The molecule has 6 nitrogen and oxygen atoms in total. The quantitative estimate of drug-likeness (QED) is 0.658. The number of aliphatic carboxylic acids is 1. The Hall–Kier alpha value is -1.30. The van der Waals surface area contributed by atoms with Crippen molar-refractivity contribution in [2.24, 2.45) is 5.92 Å². The van der Waals surface area contributed by atoms with Gasteiger partial charge in [0.25, 0.3) is 0 Å². The van der Waals surface area contributed by atoms with Crippen LogP contribution in [0.2, 0.25) is 0 Å². The number of nitrogens with zero attached hydrogens (tertiary/aromatic N) is 1. The summed E-state index contributed by atoms with van der Waals surface area (Å²) in [5, 5.41) is 14.3. The Morgan fingerprint density at radius 3 is 2.30 bits per heavy atom. The number of carboxylic acid groups (broad SMARTS) is 1. The second-order valence-electron chi connectivity index (χ2n) is 5.48. The topological polar surface area (TPSA) is 81.7 Å². The van der Waals surface area contributed by atoms with Crippen LogP contribution in [0.25, 0.3) is 0 Å². The molecule has 1 aliphatic heterocycles. The van der Waals surface area contributed by atoms with Crippen molar-refractivity contribution in [3.05, 3.63) is 0 Å². The van der Waals surface area contributed by atoms with E-state index in [1.807, 2.05) is 0 Å². The number of amides is 2. The summed E-state index contributed by atoms with van der Waals surface area (Å²) in [5.74, 6) is -1.38. The van der Waals surface area contributed by atoms with Gasteiger partial charge in [-0.25, -0.2) is 4.79 Å². The van der Waals surface area contributed by atoms with Crippen LogP contribution in [-0.2, 0) is 4.79 Å². The monoisotopic (exact) mass is 285 g/mol. The Morgan fingerprint density at radius 2 is 1.75 bits per heavy atom. The highest BCUT2D eigenvalue weighted by molar-refractivity contribution is 5.75. The third-order valence-electron chi connectivity index (χ3n) is 3.92. The molecule has 116 valence electrons. The Balaban J connectivity index is 2.20. The lowest BCUT2D eigenvalue weighted by Crippen LogP contribution is -2.47. The predicted octanol–water partition coefficient (Wildman–Crippen LogP) is 1.27. The van der Waals surface area contributed by atoms with Crippen molar-refractivity contribution < 1.29 is 14.7 Å². The molecule has 0 saturated carbocycles. The molecule has 0 spiro atoms. The van der Waals surface area contributed by atoms with Gasteiger partial charge in [0.1, 0.15) is 0 Å². The smallest absolute Gasteiger partial charge is 0.314 e. The van der Waals surface area contributed by atoms with Crippen LogP contribution in [0.15, 0.2) is 0 Å². The van der Waals surface area contributed by atoms with Gasteiger partial charge in [-0.15, -0.1) is 0 Å². The average molecular weight is 285 g/mol. The van der Waals surface area contributed by atoms with Crippen molar-refractivity contribution in [1.29, 1.82) is 0 Å². The number of hydrogen-bond donors (Lipinski definition) is 3. The zero-order valence-corrected chi connectivity index (χ0v) is 12.5. The second kappa shape index (κ2) is 8.79. The fourth-order valence-electron chi connectivity index (χ4n) is 2.41. The Morgan fingerprint density at radius 1 is 1.15 bits per heavy atom. The maximum Gasteiger partial charge on any atom is 0.314 e. The summed E-state index contributed by atoms with van der Waals surface area (Å²) >= 11 is 0. The van der Waals surface area contributed by atoms with Gasteiger partial charge in [0.15, 0.2) is 0 Å². The molecular weight excluding hydrogens is 258 g/mol. The number of rotatable bonds is 7. The summed E-state index contributed by atoms with van der Waals surface area (Å²) in [6, 6.07) is 0.0380. The van der Waals surface area contributed by atoms with Crippen LogP contribution >= 0.6 is 0 Å². The van der Waals surface area contributed by atoms with E-state index in [0.717, 1.165) is 13.1 Å². The summed E-state index contributed by atoms with van der Waals surface area (Å²) in [6.45, 7) is 6.88. The van der Waals surface area contributed by atoms with E-state index in [4.69, 9.17) is 5.11 Å². The molecule has 1 heterocycles. The van der Waals surface area contributed by atoms with Gasteiger partial charge >= 0.3 is 12.0 Å². The minimum absolute atomic E-state index is 0.176. The van der Waals surface area contributed by atoms with E-state index in [0.29, 0.717) is 19.0 Å². The van der Waals surface area contributed by atoms with E-state index >= 15 is 0 Å². The standard InChI is InChI=1S/C14H27N3O3/c1-3-12(13(18)19)10-16-14(20)15-9-11(2)17-7-5-4-6-8-17/h11-12H,3-10H2,1-2H3,(H,18,19)(H2,15,16,20). The van der Waals surface area contributed by atoms with Crippen LogP contribution in [0.5, 0.6) is 0 Å². The van der Waals surface area contributed by atoms with Crippen LogP contribution in [0, 0.1) is 5.92 Å². The molecule has 1 aliphatic rings. The highest BCUT2D eigenvalue weighted by Crippen LogP contribution is 2.11. The minimum atomic E-state index is -0.866. The van der Waals surface area contributed by atoms with Crippen molar-refractivity contribution in [1.82, 2.24) is 15.5 Å². The molecule has 3 N–H and O–H groups in total. The number of urea groups is 1. The van der Waals surface area contributed by atoms with Gasteiger partial charge in [0, 0.05) is 19.1 Å². The van der Waals surface area contributed by atoms with Gasteiger partial charge in [-0.3, -0.25) is 9.69 Å². The van der Waals surface area contributed by atoms with Gasteiger partial charge in [-0.2, -0.15) is 0 Å². The molecule has 1 rings (SSSR count). The Kier molecular flexibility index (Phi) is 7.36. The van der Waals surface area contributed by atoms with E-state index in [1.165, 1.54) is 19.3 Å². The van der Waals surface area contributed by atoms with E-state index in [9.17, 15) is 9.59 Å². The first-order valence-corrected chi connectivity index (χ1v) is 7.53. The number of nitrogens with one attached hydrogen (secondary N) is 2. The number of hydrogen-bond acceptors (Lipinski definition) is 3. The molecule has 2 amide bonds. The molecule has 0 bridgehead atoms. The summed E-state index contributed by atoms with van der Waals surface area (Å²) in [4.78, 5) is 24.9. The average Bonchev–Trinajstić information content (AvgIpc) is 2.46. The lowest BCUT2D eigenvalue weighted by atomic mass is 10.1. The fourth-order valence-corrected chi connectivity index (χ4v) is 2.41. The highest BCUT2D eigenvalue weighted by Gasteiger charge is 2.18. The largest absolute Gasteiger partial charge is 0.481 e. The minimum Gasteiger partial charge on any atom is -0.481 e. The van der Waals surface area contributed by atoms with Crippen molar-refractivity contribution in [3.63, 3.8) is 0 Å². The van der Waals surface area contributed by atoms with Crippen molar-refractivity contribution in [2.75, 3.05) is 26.2 Å². The molecule has 0 aromatic carbocycles. The third-order valence-corrected chi connectivity index (χ3v) is 3.92. The molecule has 0 aromatic heterocycles. The van der Waals surface area contributed by atoms with Crippen LogP contribution in [0.4, 0.5) is 4.79 Å². The Labute approximate surface area is 120 Å². The lowest BCUT2D eigenvalue weighted by Gasteiger charge is -2.32. The van der Waals surface area contributed by atoms with Gasteiger partial charge in [-0.1, -0.05) is 13.3 Å². The summed E-state index contributed by atoms with van der Waals surface area (Å²) < 4.78 is 0. The number of carbonyl (C=O) groups is 2. The van der Waals surface area contributed by atoms with E-state index in [2.05, 4.69) is 22.5 Å². The third kappa shape index (κ3) is 5.77. The molecular formula is C14H27N3O3. The highest BCUT2D eigenvalue weighted by atomic mass is 16.4. The summed E-state index contributed by atoms with van der Waals surface area (Å²) in [7, 11) is 0. The van der Waals surface area contributed by atoms with E-state index < -0.39 is 11.9 Å². The molecule has 2 unspecified atom stereocenters. The molecule has 0 aliphatic carbocycles. The SMILES string of the molecule is CCC(CNC(=O)NCC(C)N1CCCCC1)C(=O)O. The first-order valence-electron chi connectivity index (χ1n) is 7.53. The van der Waals surface area contributed by atoms with Crippen LogP contribution in [-0.4, -0.2) is 54.2 Å². The van der Waals surface area contributed by atoms with Gasteiger partial charge in [-0.05, 0) is 39.3 Å². The van der Waals surface area contributed by atoms with Crippen LogP contribution in [0.1, 0.15) is 39.5 Å². The number of carboxylic acids is 1. The maximum atomic E-state index is 11.6. The lowest BCUT2D eigenvalue weighted by molar-refractivity contribution is -0.141. The van der Waals surface area contributed by atoms with Crippen LogP contribution in [0.3, 0.4) is 0 Å². The van der Waals surface area contributed by atoms with Crippen LogP contribution < -0.4 is 10.6 Å². The molecule has 0 aromatic rings. The van der Waals surface area contributed by atoms with Crippen molar-refractivity contribution >= 4 is 12.0 Å². The molecule has 1 fully saturated rings. The molecule has 20 heavy (non-hydrogen) atoms. The van der Waals surface area contributed by atoms with Gasteiger partial charge < -0.3 is 15.7 Å². The molecule has 0 radical (unpaired) electrons. The summed E-state index contributed by atoms with van der Waals surface area (Å²) in [6.07, 6.45) is 4.27. The van der Waals surface area contributed by atoms with Gasteiger partial charge in [0.05, 0.1) is 5.92 Å².